The Morgan fingerprint density at radius 3 is 2.79 bits per heavy atom. The summed E-state index contributed by atoms with van der Waals surface area (Å²) in [6.45, 7) is 0.122. The maximum absolute atomic E-state index is 15.3. The summed E-state index contributed by atoms with van der Waals surface area (Å²) < 4.78 is 39.9. The molecule has 1 aliphatic rings. The zero-order chi connectivity index (χ0) is 28.3. The number of nitrogens with zero attached hydrogens (tertiary/aromatic N) is 6. The largest absolute Gasteiger partial charge is 0.653 e. The van der Waals surface area contributed by atoms with E-state index in [1.54, 1.807) is 36.4 Å². The third-order valence-electron chi connectivity index (χ3n) is 5.86. The number of hydrogen-bond acceptors (Lipinski definition) is 10. The van der Waals surface area contributed by atoms with Crippen LogP contribution in [0.3, 0.4) is 0 Å². The first-order valence-corrected chi connectivity index (χ1v) is 12.4. The maximum Gasteiger partial charge on any atom is 0.653 e. The molecule has 4 N–H and O–H groups in total. The first kappa shape index (κ1) is 27.9. The van der Waals surface area contributed by atoms with E-state index in [-0.39, 0.29) is 11.6 Å². The molecule has 1 fully saturated rings. The molecule has 39 heavy (non-hydrogen) atoms. The summed E-state index contributed by atoms with van der Waals surface area (Å²) in [5.74, 6) is -1.40. The molecule has 15 nitrogen and oxygen atoms in total. The highest BCUT2D eigenvalue weighted by molar-refractivity contribution is 7.36. The second-order valence-corrected chi connectivity index (χ2v) is 9.50. The van der Waals surface area contributed by atoms with Gasteiger partial charge in [0.15, 0.2) is 24.2 Å². The highest BCUT2D eigenvalue weighted by Gasteiger charge is 2.59. The van der Waals surface area contributed by atoms with Gasteiger partial charge in [0.05, 0.1) is 0 Å². The third-order valence-corrected chi connectivity index (χ3v) is 6.96. The molecule has 17 heteroatoms. The molecule has 0 radical (unpaired) electrons. The summed E-state index contributed by atoms with van der Waals surface area (Å²) in [4.78, 5) is 36.2. The molecule has 2 unspecified atom stereocenters. The second-order valence-electron chi connectivity index (χ2n) is 8.37. The number of hydroxylamine groups is 1. The number of rotatable bonds is 10. The van der Waals surface area contributed by atoms with Gasteiger partial charge in [-0.1, -0.05) is 41.5 Å². The van der Waals surface area contributed by atoms with Crippen LogP contribution in [0.15, 0.2) is 64.6 Å². The number of azide groups is 1. The fraction of sp³-hybridized carbons (Fsp3) is 0.318. The van der Waals surface area contributed by atoms with Gasteiger partial charge in [-0.25, -0.2) is 9.18 Å². The summed E-state index contributed by atoms with van der Waals surface area (Å²) >= 11 is 0. The van der Waals surface area contributed by atoms with Crippen molar-refractivity contribution in [2.24, 2.45) is 5.11 Å². The number of hydrogen-bond donors (Lipinski definition) is 3. The fourth-order valence-corrected chi connectivity index (χ4v) is 4.77. The van der Waals surface area contributed by atoms with Crippen molar-refractivity contribution in [1.82, 2.24) is 14.4 Å². The molecule has 1 aliphatic heterocycles. The lowest BCUT2D eigenvalue weighted by molar-refractivity contribution is -0.148. The van der Waals surface area contributed by atoms with Crippen LogP contribution in [0.2, 0.25) is 0 Å². The van der Waals surface area contributed by atoms with Gasteiger partial charge >= 0.3 is 19.8 Å². The second kappa shape index (κ2) is 11.3. The van der Waals surface area contributed by atoms with Crippen molar-refractivity contribution < 1.29 is 38.1 Å². The molecule has 3 aromatic rings. The normalized spacial score (nSPS) is 23.8. The predicted molar refractivity (Wildman–Crippen MR) is 133 cm³/mol. The number of nitrogen functional groups attached to an aromatic ring is 1. The molecule has 0 aliphatic carbocycles. The lowest BCUT2D eigenvalue weighted by Gasteiger charge is -2.23. The van der Waals surface area contributed by atoms with E-state index in [9.17, 15) is 24.4 Å². The van der Waals surface area contributed by atoms with Gasteiger partial charge in [-0.3, -0.25) is 9.36 Å². The van der Waals surface area contributed by atoms with E-state index in [1.807, 2.05) is 0 Å². The molecule has 0 spiro atoms. The van der Waals surface area contributed by atoms with Crippen molar-refractivity contribution in [2.45, 2.75) is 37.2 Å². The van der Waals surface area contributed by atoms with E-state index in [2.05, 4.69) is 15.0 Å². The number of halogens is 1. The molecule has 2 heterocycles. The average molecular weight is 562 g/mol. The monoisotopic (exact) mass is 562 g/mol. The minimum absolute atomic E-state index is 0.138. The van der Waals surface area contributed by atoms with Gasteiger partial charge in [-0.05, 0) is 34.5 Å². The summed E-state index contributed by atoms with van der Waals surface area (Å²) in [6.07, 6.45) is -5.13. The van der Waals surface area contributed by atoms with Gasteiger partial charge in [-0.2, -0.15) is 4.98 Å². The molecule has 1 saturated heterocycles. The Kier molecular flexibility index (Phi) is 8.06. The SMILES string of the molecule is CC(C(=O)O)N(Oc1cccc2ccccc12)[P+](=O)OC[C@@]1(N=[N+]=[N-])O[C@@H](n2ccc(N)nc2=O)[C@H](O)[C@@H]1F. The van der Waals surface area contributed by atoms with E-state index in [4.69, 9.17) is 25.4 Å². The third kappa shape index (κ3) is 5.52. The number of benzene rings is 2. The highest BCUT2D eigenvalue weighted by Crippen LogP contribution is 2.43. The molecule has 4 rings (SSSR count). The van der Waals surface area contributed by atoms with Gasteiger partial charge < -0.3 is 25.5 Å². The quantitative estimate of drug-likeness (QED) is 0.107. The number of nitrogens with two attached hydrogens (primary N) is 1. The van der Waals surface area contributed by atoms with Crippen LogP contribution in [0.1, 0.15) is 13.2 Å². The van der Waals surface area contributed by atoms with Crippen LogP contribution < -0.4 is 16.3 Å². The maximum atomic E-state index is 15.3. The first-order chi connectivity index (χ1) is 18.6. The zero-order valence-corrected chi connectivity index (χ0v) is 21.0. The van der Waals surface area contributed by atoms with E-state index in [0.29, 0.717) is 10.2 Å². The number of alkyl halides is 1. The Morgan fingerprint density at radius 1 is 1.38 bits per heavy atom. The summed E-state index contributed by atoms with van der Waals surface area (Å²) in [6, 6.07) is 11.6. The summed E-state index contributed by atoms with van der Waals surface area (Å²) in [7, 11) is -3.19. The number of carboxylic acids is 1. The summed E-state index contributed by atoms with van der Waals surface area (Å²) in [5, 5.41) is 24.6. The Balaban J connectivity index is 1.60. The Labute approximate surface area is 219 Å². The van der Waals surface area contributed by atoms with Crippen LogP contribution >= 0.6 is 8.18 Å². The van der Waals surface area contributed by atoms with Crippen molar-refractivity contribution in [2.75, 3.05) is 12.3 Å². The molecule has 1 aromatic heterocycles. The van der Waals surface area contributed by atoms with Crippen molar-refractivity contribution in [3.05, 3.63) is 75.7 Å². The van der Waals surface area contributed by atoms with Crippen LogP contribution in [0.4, 0.5) is 10.2 Å². The van der Waals surface area contributed by atoms with Crippen LogP contribution in [0.25, 0.3) is 21.2 Å². The number of aliphatic hydroxyl groups excluding tert-OH is 1. The number of carboxylic acid groups (broad SMARTS) is 1. The number of aliphatic carboxylic acids is 1. The lowest BCUT2D eigenvalue weighted by Crippen LogP contribution is -2.43. The molecular formula is C22H22FN7O8P+. The number of anilines is 1. The minimum Gasteiger partial charge on any atom is -0.480 e. The van der Waals surface area contributed by atoms with Crippen molar-refractivity contribution >= 4 is 30.7 Å². The lowest BCUT2D eigenvalue weighted by atomic mass is 10.1. The average Bonchev–Trinajstić information content (AvgIpc) is 3.15. The Bertz CT molecular complexity index is 1510. The fourth-order valence-electron chi connectivity index (χ4n) is 3.82. The molecule has 0 saturated carbocycles. The van der Waals surface area contributed by atoms with Crippen molar-refractivity contribution in [3.8, 4) is 5.75 Å². The van der Waals surface area contributed by atoms with E-state index < -0.39 is 56.7 Å². The molecule has 2 aromatic carbocycles. The van der Waals surface area contributed by atoms with E-state index >= 15 is 4.39 Å². The Morgan fingerprint density at radius 2 is 2.10 bits per heavy atom. The molecule has 6 atom stereocenters. The molecule has 0 amide bonds. The zero-order valence-electron chi connectivity index (χ0n) is 20.1. The minimum atomic E-state index is -3.19. The first-order valence-electron chi connectivity index (χ1n) is 11.3. The van der Waals surface area contributed by atoms with Gasteiger partial charge in [0, 0.05) is 16.5 Å². The molecular weight excluding hydrogens is 540 g/mol. The predicted octanol–water partition coefficient (Wildman–Crippen LogP) is 2.66. The number of fused-ring (bicyclic) bond motifs is 1. The van der Waals surface area contributed by atoms with Crippen LogP contribution in [-0.4, -0.2) is 61.2 Å². The number of ether oxygens (including phenoxy) is 1. The smallest absolute Gasteiger partial charge is 0.480 e. The van der Waals surface area contributed by atoms with Gasteiger partial charge in [0.2, 0.25) is 5.72 Å². The van der Waals surface area contributed by atoms with Crippen LogP contribution in [0, 0.1) is 0 Å². The summed E-state index contributed by atoms with van der Waals surface area (Å²) in [5.41, 5.74) is 10.9. The number of carbonyl (C=O) groups is 1. The van der Waals surface area contributed by atoms with Crippen LogP contribution in [-0.2, 0) is 18.6 Å². The van der Waals surface area contributed by atoms with Crippen LogP contribution in [0.5, 0.6) is 5.75 Å². The van der Waals surface area contributed by atoms with Gasteiger partial charge in [0.25, 0.3) is 0 Å². The van der Waals surface area contributed by atoms with Crippen molar-refractivity contribution in [3.63, 3.8) is 0 Å². The van der Waals surface area contributed by atoms with Gasteiger partial charge in [0.1, 0.15) is 23.4 Å². The number of aromatic nitrogens is 2. The highest BCUT2D eigenvalue weighted by atomic mass is 31.1. The van der Waals surface area contributed by atoms with Crippen molar-refractivity contribution in [1.29, 1.82) is 0 Å². The standard InChI is InChI=1S/C22H21FN7O8P/c1-12(20(32)33)30(38-15-8-4-6-13-5-2-3-7-14(13)15)39(35)36-11-22(27-28-25)18(23)17(31)19(37-22)29-10-9-16(24)26-21(29)34/h2-10,12,17-19,31H,11H2,1H3,(H2-,24,26,32,33,34)/p+1/t12?,17-,18+,19-,22-/m1/s1. The molecule has 0 bridgehead atoms. The molecule has 204 valence electrons. The topological polar surface area (TPSA) is 215 Å². The van der Waals surface area contributed by atoms with E-state index in [0.717, 1.165) is 16.2 Å². The van der Waals surface area contributed by atoms with Gasteiger partial charge in [-0.15, -0.1) is 4.52 Å². The number of aliphatic hydroxyl groups is 1. The Hall–Kier alpha value is -4.17. The van der Waals surface area contributed by atoms with E-state index in [1.165, 1.54) is 19.1 Å².